The van der Waals surface area contributed by atoms with E-state index in [4.69, 9.17) is 13.7 Å². The van der Waals surface area contributed by atoms with Crippen LogP contribution in [0, 0.1) is 0 Å². The Kier molecular flexibility index (Phi) is 4.69. The number of fused-ring (bicyclic) bond motifs is 12. The SMILES string of the molecule is [2H]c1c([2H])c([2H])c(N(c2c([2H])c([2H])c([2H])c([2H])c2[2H])c2c([2H])c3c4c(c2[2H])N2c5c(c([2H])c([2H])c([2H])c5-n5c6c([2H])c([2H])c(C(C)(C)C)c([2H])c6c6c([2H])c(C(C)(C)C)c([2H])c2c65)B4c2c([2H])c(C(C)(C)C)c([2H])c([2H])c2N3c2c([2H])c([2H])c3c(sc4c([2H])c([2H])c([2H])c([2H])c43)c2[2H])c([2H])c1[2H]. The molecule has 0 saturated heterocycles. The van der Waals surface area contributed by atoms with E-state index >= 15 is 0 Å². The van der Waals surface area contributed by atoms with Gasteiger partial charge < -0.3 is 19.3 Å². The molecule has 0 aliphatic carbocycles. The minimum absolute atomic E-state index is 0.0498. The third-order valence-electron chi connectivity index (χ3n) is 13.3. The van der Waals surface area contributed by atoms with Crippen LogP contribution in [0.15, 0.2) is 181 Å². The Morgan fingerprint density at radius 1 is 0.431 bits per heavy atom. The molecule has 4 nitrogen and oxygen atoms in total. The van der Waals surface area contributed by atoms with Crippen LogP contribution in [0.1, 0.15) is 120 Å². The molecule has 0 atom stereocenters. The van der Waals surface area contributed by atoms with Crippen LogP contribution >= 0.6 is 11.3 Å². The fourth-order valence-electron chi connectivity index (χ4n) is 9.87. The molecular weight excluding hydrogens is 892 g/mol. The second kappa shape index (κ2) is 15.0. The van der Waals surface area contributed by atoms with Gasteiger partial charge >= 0.3 is 0 Å². The van der Waals surface area contributed by atoms with Crippen molar-refractivity contribution in [2.75, 3.05) is 14.7 Å². The van der Waals surface area contributed by atoms with E-state index in [1.807, 2.05) is 0 Å². The smallest absolute Gasteiger partial charge is 0.252 e. The molecule has 0 amide bonds. The summed E-state index contributed by atoms with van der Waals surface area (Å²) < 4.78 is 295. The molecule has 3 aliphatic rings. The van der Waals surface area contributed by atoms with E-state index in [-0.39, 0.29) is 81.9 Å². The first-order valence-electron chi connectivity index (χ1n) is 38.2. The maximum Gasteiger partial charge on any atom is 0.252 e. The van der Waals surface area contributed by atoms with Gasteiger partial charge in [-0.1, -0.05) is 153 Å². The number of anilines is 9. The van der Waals surface area contributed by atoms with Gasteiger partial charge in [0.05, 0.1) is 74.9 Å². The summed E-state index contributed by atoms with van der Waals surface area (Å²) in [4.78, 5) is 2.60. The standard InChI is InChI=1S/C66H57BN4S/c1-64(2,3)40-27-31-53-49(33-40)50-34-42(66(7,8)9)36-58-62(50)70(53)55-25-18-24-51-63(55)71(58)57-38-46(68(43-19-12-10-13-20-43)44-21-14-11-15-22-44)37-56-61(57)67(51)52-35-41(65(4,5)6)28-32-54(52)69(56)45-29-30-48-47-23-16-17-26-59(47)72-60(48)39-45/h10-39H,1-9H3/i10D,11D,12D,13D,14D,15D,16D,17D,18D,19D,20D,21D,22D,23D,24D,25D,26D,27D,28D,29D,30D,31D,32D,33D,34D,35D,36D,37D,38D,39D. The van der Waals surface area contributed by atoms with Gasteiger partial charge in [0.1, 0.15) is 0 Å². The van der Waals surface area contributed by atoms with Gasteiger partial charge in [-0.15, -0.1) is 11.3 Å². The van der Waals surface area contributed by atoms with Gasteiger partial charge in [-0.25, -0.2) is 0 Å². The van der Waals surface area contributed by atoms with Gasteiger partial charge in [0, 0.05) is 65.1 Å². The molecule has 0 bridgehead atoms. The first-order chi connectivity index (χ1) is 47.2. The lowest BCUT2D eigenvalue weighted by Gasteiger charge is -2.47. The zero-order chi connectivity index (χ0) is 75.3. The summed E-state index contributed by atoms with van der Waals surface area (Å²) in [6.07, 6.45) is 0. The molecule has 3 aliphatic heterocycles. The van der Waals surface area contributed by atoms with Gasteiger partial charge in [-0.3, -0.25) is 0 Å². The molecular formula is C66H57BN4S. The molecule has 14 rings (SSSR count). The number of hydrogen-bond donors (Lipinski definition) is 0. The van der Waals surface area contributed by atoms with Crippen molar-refractivity contribution < 1.29 is 41.1 Å². The number of para-hydroxylation sites is 3. The maximum absolute atomic E-state index is 11.3. The van der Waals surface area contributed by atoms with Crippen molar-refractivity contribution in [2.24, 2.45) is 0 Å². The van der Waals surface area contributed by atoms with E-state index in [1.165, 1.54) is 9.47 Å². The van der Waals surface area contributed by atoms with Crippen molar-refractivity contribution in [1.82, 2.24) is 4.57 Å². The number of rotatable bonds is 4. The Bertz CT molecular complexity index is 5750. The Labute approximate surface area is 469 Å². The molecule has 0 fully saturated rings. The summed E-state index contributed by atoms with van der Waals surface area (Å²) in [7, 11) is 0. The second-order valence-corrected chi connectivity index (χ2v) is 22.1. The Hall–Kier alpha value is -7.54. The molecule has 350 valence electrons. The fourth-order valence-corrected chi connectivity index (χ4v) is 10.8. The monoisotopic (exact) mass is 979 g/mol. The minimum Gasteiger partial charge on any atom is -0.311 e. The lowest BCUT2D eigenvalue weighted by atomic mass is 9.33. The molecule has 11 aromatic rings. The number of benzene rings is 9. The maximum atomic E-state index is 11.3. The van der Waals surface area contributed by atoms with Gasteiger partial charge in [0.15, 0.2) is 0 Å². The highest BCUT2D eigenvalue weighted by Gasteiger charge is 2.47. The third-order valence-corrected chi connectivity index (χ3v) is 14.3. The molecule has 72 heavy (non-hydrogen) atoms. The second-order valence-electron chi connectivity index (χ2n) is 21.1. The molecule has 0 N–H and O–H groups in total. The Morgan fingerprint density at radius 3 is 1.76 bits per heavy atom. The first-order valence-corrected chi connectivity index (χ1v) is 24.0. The van der Waals surface area contributed by atoms with Crippen molar-refractivity contribution in [3.63, 3.8) is 0 Å². The van der Waals surface area contributed by atoms with E-state index in [0.717, 1.165) is 4.90 Å². The van der Waals surface area contributed by atoms with Gasteiger partial charge in [-0.2, -0.15) is 0 Å². The summed E-state index contributed by atoms with van der Waals surface area (Å²) in [6, 6.07) is -25.0. The Balaban J connectivity index is 1.35. The summed E-state index contributed by atoms with van der Waals surface area (Å²) >= 11 is 0.618. The lowest BCUT2D eigenvalue weighted by Crippen LogP contribution is -2.62. The summed E-state index contributed by atoms with van der Waals surface area (Å²) in [5.74, 6) is 0. The molecule has 0 saturated carbocycles. The van der Waals surface area contributed by atoms with Crippen molar-refractivity contribution in [3.05, 3.63) is 198 Å². The van der Waals surface area contributed by atoms with E-state index in [2.05, 4.69) is 0 Å². The lowest BCUT2D eigenvalue weighted by molar-refractivity contribution is 0.590. The molecule has 5 heterocycles. The number of hydrogen-bond acceptors (Lipinski definition) is 4. The predicted octanol–water partition coefficient (Wildman–Crippen LogP) is 16.9. The minimum atomic E-state index is -1.97. The zero-order valence-corrected chi connectivity index (χ0v) is 41.1. The van der Waals surface area contributed by atoms with Crippen LogP contribution in [0.2, 0.25) is 0 Å². The van der Waals surface area contributed by atoms with Gasteiger partial charge in [-0.05, 0) is 140 Å². The topological polar surface area (TPSA) is 14.7 Å². The summed E-state index contributed by atoms with van der Waals surface area (Å²) in [5, 5.41) is -0.841. The van der Waals surface area contributed by atoms with Crippen LogP contribution in [-0.4, -0.2) is 11.3 Å². The molecule has 0 unspecified atom stereocenters. The summed E-state index contributed by atoms with van der Waals surface area (Å²) in [5.41, 5.74) is -12.6. The van der Waals surface area contributed by atoms with Crippen molar-refractivity contribution >= 4 is 128 Å². The Morgan fingerprint density at radius 2 is 1.06 bits per heavy atom. The first kappa shape index (κ1) is 22.5. The van der Waals surface area contributed by atoms with Gasteiger partial charge in [0.2, 0.25) is 0 Å². The normalized spacial score (nSPS) is 19.7. The molecule has 2 aromatic heterocycles. The number of nitrogens with zero attached hydrogens (tertiary/aromatic N) is 4. The van der Waals surface area contributed by atoms with Crippen molar-refractivity contribution in [1.29, 1.82) is 0 Å². The van der Waals surface area contributed by atoms with Crippen LogP contribution in [0.5, 0.6) is 0 Å². The molecule has 9 aromatic carbocycles. The third kappa shape index (κ3) is 6.24. The van der Waals surface area contributed by atoms with E-state index < -0.39 is 254 Å². The quantitative estimate of drug-likeness (QED) is 0.163. The van der Waals surface area contributed by atoms with E-state index in [0.29, 0.717) is 16.2 Å². The largest absolute Gasteiger partial charge is 0.311 e. The molecule has 0 spiro atoms. The average molecular weight is 979 g/mol. The van der Waals surface area contributed by atoms with Gasteiger partial charge in [0.25, 0.3) is 6.71 Å². The van der Waals surface area contributed by atoms with E-state index in [9.17, 15) is 27.4 Å². The van der Waals surface area contributed by atoms with Crippen LogP contribution in [0.25, 0.3) is 47.7 Å². The van der Waals surface area contributed by atoms with Crippen LogP contribution < -0.4 is 31.1 Å². The predicted molar refractivity (Wildman–Crippen MR) is 312 cm³/mol. The van der Waals surface area contributed by atoms with E-state index in [1.54, 1.807) is 62.3 Å². The highest BCUT2D eigenvalue weighted by atomic mass is 32.1. The molecule has 0 radical (unpaired) electrons. The number of thiophene rings is 1. The fraction of sp³-hybridized carbons (Fsp3) is 0.182. The highest BCUT2D eigenvalue weighted by molar-refractivity contribution is 7.25. The highest BCUT2D eigenvalue weighted by Crippen LogP contribution is 2.55. The number of aromatic nitrogens is 1. The van der Waals surface area contributed by atoms with Crippen molar-refractivity contribution in [3.8, 4) is 5.69 Å². The van der Waals surface area contributed by atoms with Crippen molar-refractivity contribution in [2.45, 2.75) is 78.6 Å². The van der Waals surface area contributed by atoms with Crippen LogP contribution in [0.4, 0.5) is 51.2 Å². The molecule has 6 heteroatoms. The van der Waals surface area contributed by atoms with Crippen LogP contribution in [0.3, 0.4) is 0 Å². The van der Waals surface area contributed by atoms with Crippen LogP contribution in [-0.2, 0) is 16.2 Å². The summed E-state index contributed by atoms with van der Waals surface area (Å²) in [6.45, 7) is 13.1. The zero-order valence-electron chi connectivity index (χ0n) is 70.3. The average Bonchev–Trinajstić information content (AvgIpc) is 1.23.